The summed E-state index contributed by atoms with van der Waals surface area (Å²) in [5.74, 6) is 3.43. The quantitative estimate of drug-likeness (QED) is 0.181. The van der Waals surface area contributed by atoms with Crippen LogP contribution in [0.3, 0.4) is 0 Å². The van der Waals surface area contributed by atoms with Crippen LogP contribution in [0.2, 0.25) is 0 Å². The molecule has 300 valence electrons. The van der Waals surface area contributed by atoms with Gasteiger partial charge in [0.25, 0.3) is 0 Å². The number of furan rings is 1. The number of hydrogen-bond donors (Lipinski definition) is 0. The van der Waals surface area contributed by atoms with E-state index in [9.17, 15) is 0 Å². The molecule has 12 rings (SSSR count). The van der Waals surface area contributed by atoms with Crippen molar-refractivity contribution in [3.8, 4) is 11.1 Å². The second-order valence-corrected chi connectivity index (χ2v) is 19.0. The van der Waals surface area contributed by atoms with E-state index in [2.05, 4.69) is 138 Å². The van der Waals surface area contributed by atoms with Crippen molar-refractivity contribution < 1.29 is 4.42 Å². The summed E-state index contributed by atoms with van der Waals surface area (Å²) in [7, 11) is 0. The van der Waals surface area contributed by atoms with Crippen molar-refractivity contribution >= 4 is 34.0 Å². The zero-order valence-corrected chi connectivity index (χ0v) is 35.1. The molecule has 0 amide bonds. The molecule has 1 aromatic heterocycles. The third-order valence-corrected chi connectivity index (χ3v) is 15.5. The summed E-state index contributed by atoms with van der Waals surface area (Å²) in [5, 5.41) is 1.28. The molecule has 2 nitrogen and oxygen atoms in total. The third kappa shape index (κ3) is 6.45. The lowest BCUT2D eigenvalue weighted by Crippen LogP contribution is -2.30. The minimum Gasteiger partial charge on any atom is -0.456 e. The fraction of sp³-hybridized carbons (Fsp3) is 0.345. The van der Waals surface area contributed by atoms with Crippen molar-refractivity contribution in [2.24, 2.45) is 17.8 Å². The molecule has 0 bridgehead atoms. The normalized spacial score (nSPS) is 26.5. The molecule has 0 radical (unpaired) electrons. The minimum atomic E-state index is 0.394. The van der Waals surface area contributed by atoms with Crippen molar-refractivity contribution in [1.82, 2.24) is 0 Å². The molecule has 0 spiro atoms. The van der Waals surface area contributed by atoms with Crippen molar-refractivity contribution in [3.05, 3.63) is 178 Å². The second-order valence-electron chi connectivity index (χ2n) is 19.0. The van der Waals surface area contributed by atoms with Gasteiger partial charge in [-0.25, -0.2) is 0 Å². The van der Waals surface area contributed by atoms with E-state index in [0.717, 1.165) is 55.8 Å². The summed E-state index contributed by atoms with van der Waals surface area (Å²) >= 11 is 0. The van der Waals surface area contributed by atoms with E-state index >= 15 is 0 Å². The number of nitrogens with zero attached hydrogens (tertiary/aromatic N) is 1. The molecule has 60 heavy (non-hydrogen) atoms. The van der Waals surface area contributed by atoms with Gasteiger partial charge >= 0.3 is 0 Å². The zero-order chi connectivity index (χ0) is 39.6. The van der Waals surface area contributed by atoms with Crippen LogP contribution in [0.4, 0.5) is 11.4 Å². The molecule has 0 fully saturated rings. The van der Waals surface area contributed by atoms with Crippen molar-refractivity contribution in [2.45, 2.75) is 108 Å². The number of fused-ring (bicyclic) bond motifs is 8. The molecular weight excluding hydrogens is 727 g/mol. The maximum atomic E-state index is 6.28. The molecule has 0 saturated heterocycles. The van der Waals surface area contributed by atoms with Crippen LogP contribution in [0.25, 0.3) is 33.7 Å². The van der Waals surface area contributed by atoms with Gasteiger partial charge in [-0.2, -0.15) is 0 Å². The van der Waals surface area contributed by atoms with Gasteiger partial charge in [0.15, 0.2) is 0 Å². The third-order valence-electron chi connectivity index (χ3n) is 15.5. The van der Waals surface area contributed by atoms with Gasteiger partial charge in [0, 0.05) is 34.3 Å². The van der Waals surface area contributed by atoms with Gasteiger partial charge < -0.3 is 9.32 Å². The Balaban J connectivity index is 0.875. The standard InChI is InChI=1S/C58H57NO/c1-3-13-39(14-4-1)45-32-38(33-46(34-45)40-15-5-2-6-16-40)31-44-26-24-41-23-25-42(35-52(41)49-18-8-7-17-48(44)49)43-27-29-56-53(36-43)50-19-9-11-21-55(50)59(56)47-28-30-58-54(37-47)51-20-10-12-22-57(51)60-58/h1,3,5,8-9,12,15-16,18-19,22-23,25,27-30,32-33,35-37,39,44-45,50,55H,2,4,6-7,10-11,13-14,17,20-21,24,26,31,34H2. The Bertz CT molecular complexity index is 2680. The average molecular weight is 784 g/mol. The Labute approximate surface area is 356 Å². The molecule has 0 saturated carbocycles. The molecule has 4 aromatic rings. The molecule has 2 heterocycles. The SMILES string of the molecule is C1=CC(C2=CC(CC3CCc4ccc(-c5ccc6c(c5)C5C=CCCC5N6c5ccc6oc7c(c6c5)CCC=C7)cc4C4=C3CCC=C4)=CC(C3CC=CCC3)C2)=CCC1. The predicted molar refractivity (Wildman–Crippen MR) is 251 cm³/mol. The Kier molecular flexibility index (Phi) is 9.30. The van der Waals surface area contributed by atoms with Crippen LogP contribution >= 0.6 is 0 Å². The monoisotopic (exact) mass is 783 g/mol. The molecule has 5 atom stereocenters. The van der Waals surface area contributed by atoms with Crippen LogP contribution in [0.5, 0.6) is 0 Å². The lowest BCUT2D eigenvalue weighted by atomic mass is 9.73. The van der Waals surface area contributed by atoms with E-state index in [1.807, 2.05) is 0 Å². The van der Waals surface area contributed by atoms with Crippen LogP contribution in [0.15, 0.2) is 154 Å². The maximum absolute atomic E-state index is 6.28. The number of hydrogen-bond acceptors (Lipinski definition) is 2. The maximum Gasteiger partial charge on any atom is 0.135 e. The summed E-state index contributed by atoms with van der Waals surface area (Å²) in [6.45, 7) is 0. The molecule has 3 aromatic carbocycles. The molecule has 2 heteroatoms. The van der Waals surface area contributed by atoms with Gasteiger partial charge in [-0.3, -0.25) is 0 Å². The first-order valence-corrected chi connectivity index (χ1v) is 23.5. The van der Waals surface area contributed by atoms with Crippen LogP contribution in [0, 0.1) is 17.8 Å². The van der Waals surface area contributed by atoms with Gasteiger partial charge in [0.2, 0.25) is 0 Å². The Hall–Kier alpha value is -5.34. The van der Waals surface area contributed by atoms with E-state index in [1.54, 1.807) is 16.7 Å². The fourth-order valence-corrected chi connectivity index (χ4v) is 12.5. The van der Waals surface area contributed by atoms with Gasteiger partial charge in [-0.15, -0.1) is 0 Å². The molecular formula is C58H57NO. The summed E-state index contributed by atoms with van der Waals surface area (Å²) in [6, 6.07) is 22.2. The number of anilines is 2. The molecule has 0 N–H and O–H groups in total. The van der Waals surface area contributed by atoms with E-state index in [1.165, 1.54) is 119 Å². The van der Waals surface area contributed by atoms with Crippen LogP contribution < -0.4 is 4.90 Å². The minimum absolute atomic E-state index is 0.394. The van der Waals surface area contributed by atoms with Gasteiger partial charge in [-0.1, -0.05) is 102 Å². The number of benzene rings is 3. The van der Waals surface area contributed by atoms with E-state index < -0.39 is 0 Å². The molecule has 7 aliphatic carbocycles. The number of rotatable bonds is 6. The number of allylic oxidation sites excluding steroid dienone is 16. The smallest absolute Gasteiger partial charge is 0.135 e. The molecule has 1 aliphatic heterocycles. The Morgan fingerprint density at radius 2 is 1.62 bits per heavy atom. The lowest BCUT2D eigenvalue weighted by molar-refractivity contribution is 0.358. The van der Waals surface area contributed by atoms with Crippen molar-refractivity contribution in [2.75, 3.05) is 4.90 Å². The van der Waals surface area contributed by atoms with Gasteiger partial charge in [0.1, 0.15) is 11.3 Å². The van der Waals surface area contributed by atoms with Crippen LogP contribution in [-0.4, -0.2) is 6.04 Å². The second kappa shape index (κ2) is 15.3. The first-order chi connectivity index (χ1) is 29.7. The zero-order valence-electron chi connectivity index (χ0n) is 35.1. The summed E-state index contributed by atoms with van der Waals surface area (Å²) in [5.41, 5.74) is 20.1. The van der Waals surface area contributed by atoms with E-state index in [4.69, 9.17) is 4.42 Å². The first-order valence-electron chi connectivity index (χ1n) is 23.5. The highest BCUT2D eigenvalue weighted by Gasteiger charge is 2.39. The predicted octanol–water partition coefficient (Wildman–Crippen LogP) is 15.6. The molecule has 8 aliphatic rings. The Morgan fingerprint density at radius 3 is 2.55 bits per heavy atom. The van der Waals surface area contributed by atoms with E-state index in [-0.39, 0.29) is 0 Å². The lowest BCUT2D eigenvalue weighted by Gasteiger charge is -2.32. The van der Waals surface area contributed by atoms with E-state index in [0.29, 0.717) is 23.8 Å². The highest BCUT2D eigenvalue weighted by Crippen LogP contribution is 2.52. The summed E-state index contributed by atoms with van der Waals surface area (Å²) in [4.78, 5) is 2.66. The van der Waals surface area contributed by atoms with Gasteiger partial charge in [0.05, 0.1) is 0 Å². The number of aryl methyl sites for hydroxylation is 2. The highest BCUT2D eigenvalue weighted by atomic mass is 16.3. The Morgan fingerprint density at radius 1 is 0.717 bits per heavy atom. The van der Waals surface area contributed by atoms with Gasteiger partial charge in [-0.05, 0) is 201 Å². The summed E-state index contributed by atoms with van der Waals surface area (Å²) in [6.07, 6.45) is 49.4. The largest absolute Gasteiger partial charge is 0.456 e. The topological polar surface area (TPSA) is 16.4 Å². The molecule has 5 unspecified atom stereocenters. The average Bonchev–Trinajstić information content (AvgIpc) is 3.81. The summed E-state index contributed by atoms with van der Waals surface area (Å²) < 4.78 is 6.28. The van der Waals surface area contributed by atoms with Crippen molar-refractivity contribution in [1.29, 1.82) is 0 Å². The first kappa shape index (κ1) is 36.5. The van der Waals surface area contributed by atoms with Crippen LogP contribution in [0.1, 0.15) is 117 Å². The van der Waals surface area contributed by atoms with Crippen molar-refractivity contribution in [3.63, 3.8) is 0 Å². The fourth-order valence-electron chi connectivity index (χ4n) is 12.5. The van der Waals surface area contributed by atoms with Crippen LogP contribution in [-0.2, 0) is 12.8 Å². The highest BCUT2D eigenvalue weighted by molar-refractivity contribution is 5.91.